The summed E-state index contributed by atoms with van der Waals surface area (Å²) in [5, 5.41) is 11.9. The Bertz CT molecular complexity index is 381. The summed E-state index contributed by atoms with van der Waals surface area (Å²) in [7, 11) is 1.55. The van der Waals surface area contributed by atoms with Gasteiger partial charge in [-0.1, -0.05) is 22.9 Å². The van der Waals surface area contributed by atoms with Crippen LogP contribution in [0.5, 0.6) is 5.75 Å². The lowest BCUT2D eigenvalue weighted by molar-refractivity contribution is -0.137. The number of rotatable bonds is 5. The molecule has 0 radical (unpaired) electrons. The van der Waals surface area contributed by atoms with Crippen molar-refractivity contribution in [1.82, 2.24) is 0 Å². The van der Waals surface area contributed by atoms with Crippen LogP contribution in [0.4, 0.5) is 5.69 Å². The van der Waals surface area contributed by atoms with E-state index in [0.717, 1.165) is 4.47 Å². The van der Waals surface area contributed by atoms with Gasteiger partial charge >= 0.3 is 5.97 Å². The third kappa shape index (κ3) is 3.13. The van der Waals surface area contributed by atoms with E-state index < -0.39 is 12.0 Å². The van der Waals surface area contributed by atoms with Crippen molar-refractivity contribution in [3.63, 3.8) is 0 Å². The molecule has 0 aliphatic rings. The van der Waals surface area contributed by atoms with Gasteiger partial charge in [-0.05, 0) is 24.6 Å². The fourth-order valence-corrected chi connectivity index (χ4v) is 1.68. The van der Waals surface area contributed by atoms with Gasteiger partial charge < -0.3 is 15.2 Å². The molecule has 16 heavy (non-hydrogen) atoms. The molecule has 1 aromatic carbocycles. The monoisotopic (exact) mass is 287 g/mol. The van der Waals surface area contributed by atoms with Crippen molar-refractivity contribution >= 4 is 27.6 Å². The Labute approximate surface area is 103 Å². The number of aliphatic carboxylic acids is 1. The minimum Gasteiger partial charge on any atom is -0.495 e. The number of carboxylic acids is 1. The van der Waals surface area contributed by atoms with E-state index in [1.165, 1.54) is 0 Å². The van der Waals surface area contributed by atoms with Gasteiger partial charge in [-0.3, -0.25) is 0 Å². The second-order valence-corrected chi connectivity index (χ2v) is 4.20. The summed E-state index contributed by atoms with van der Waals surface area (Å²) in [6.07, 6.45) is 0.505. The smallest absolute Gasteiger partial charge is 0.326 e. The molecule has 0 aromatic heterocycles. The molecule has 0 spiro atoms. The molecule has 1 rings (SSSR count). The van der Waals surface area contributed by atoms with Crippen molar-refractivity contribution < 1.29 is 14.6 Å². The Kier molecular flexibility index (Phi) is 4.61. The minimum atomic E-state index is -0.871. The summed E-state index contributed by atoms with van der Waals surface area (Å²) in [5.41, 5.74) is 0.672. The van der Waals surface area contributed by atoms with Crippen LogP contribution in [0.25, 0.3) is 0 Å². The molecular weight excluding hydrogens is 274 g/mol. The van der Waals surface area contributed by atoms with Gasteiger partial charge in [0.25, 0.3) is 0 Å². The lowest BCUT2D eigenvalue weighted by Gasteiger charge is -2.16. The van der Waals surface area contributed by atoms with Gasteiger partial charge in [0.05, 0.1) is 12.8 Å². The molecule has 0 saturated heterocycles. The summed E-state index contributed by atoms with van der Waals surface area (Å²) in [5.74, 6) is -0.243. The number of hydrogen-bond donors (Lipinski definition) is 2. The third-order valence-corrected chi connectivity index (χ3v) is 2.69. The van der Waals surface area contributed by atoms with Crippen molar-refractivity contribution in [2.24, 2.45) is 0 Å². The van der Waals surface area contributed by atoms with E-state index in [0.29, 0.717) is 17.9 Å². The summed E-state index contributed by atoms with van der Waals surface area (Å²) in [4.78, 5) is 10.9. The molecule has 1 unspecified atom stereocenters. The first kappa shape index (κ1) is 12.8. The number of carbonyl (C=O) groups is 1. The van der Waals surface area contributed by atoms with Crippen LogP contribution >= 0.6 is 15.9 Å². The highest BCUT2D eigenvalue weighted by molar-refractivity contribution is 9.10. The summed E-state index contributed by atoms with van der Waals surface area (Å²) >= 11 is 3.33. The van der Waals surface area contributed by atoms with Crippen molar-refractivity contribution in [3.05, 3.63) is 22.7 Å². The van der Waals surface area contributed by atoms with Gasteiger partial charge in [-0.25, -0.2) is 4.79 Å². The maximum Gasteiger partial charge on any atom is 0.326 e. The predicted octanol–water partition coefficient (Wildman–Crippen LogP) is 2.73. The fourth-order valence-electron chi connectivity index (χ4n) is 1.32. The zero-order chi connectivity index (χ0) is 12.1. The highest BCUT2D eigenvalue weighted by atomic mass is 79.9. The molecule has 0 aliphatic carbocycles. The number of carboxylic acid groups (broad SMARTS) is 1. The third-order valence-electron chi connectivity index (χ3n) is 2.20. The number of methoxy groups -OCH3 is 1. The highest BCUT2D eigenvalue weighted by Gasteiger charge is 2.16. The van der Waals surface area contributed by atoms with Crippen LogP contribution in [-0.2, 0) is 4.79 Å². The Hall–Kier alpha value is -1.23. The molecule has 0 saturated carbocycles. The lowest BCUT2D eigenvalue weighted by atomic mass is 10.2. The molecule has 1 aromatic rings. The van der Waals surface area contributed by atoms with Crippen LogP contribution < -0.4 is 10.1 Å². The fraction of sp³-hybridized carbons (Fsp3) is 0.364. The van der Waals surface area contributed by atoms with Crippen LogP contribution in [0, 0.1) is 0 Å². The van der Waals surface area contributed by atoms with Crippen LogP contribution in [0.1, 0.15) is 13.3 Å². The largest absolute Gasteiger partial charge is 0.495 e. The molecule has 0 aliphatic heterocycles. The number of benzene rings is 1. The van der Waals surface area contributed by atoms with Gasteiger partial charge in [0.2, 0.25) is 0 Å². The first-order valence-corrected chi connectivity index (χ1v) is 5.70. The Morgan fingerprint density at radius 1 is 1.62 bits per heavy atom. The first-order valence-electron chi connectivity index (χ1n) is 4.91. The van der Waals surface area contributed by atoms with E-state index in [4.69, 9.17) is 9.84 Å². The average Bonchev–Trinajstić information content (AvgIpc) is 2.25. The van der Waals surface area contributed by atoms with Gasteiger partial charge in [-0.2, -0.15) is 0 Å². The highest BCUT2D eigenvalue weighted by Crippen LogP contribution is 2.28. The topological polar surface area (TPSA) is 58.6 Å². The molecule has 0 amide bonds. The molecule has 5 heteroatoms. The molecule has 0 heterocycles. The molecular formula is C11H14BrNO3. The number of nitrogens with one attached hydrogen (secondary N) is 1. The summed E-state index contributed by atoms with van der Waals surface area (Å²) in [6, 6.07) is 4.81. The van der Waals surface area contributed by atoms with Crippen molar-refractivity contribution in [2.45, 2.75) is 19.4 Å². The van der Waals surface area contributed by atoms with Crippen molar-refractivity contribution in [2.75, 3.05) is 12.4 Å². The number of halogens is 1. The quantitative estimate of drug-likeness (QED) is 0.874. The number of hydrogen-bond acceptors (Lipinski definition) is 3. The van der Waals surface area contributed by atoms with E-state index in [1.807, 2.05) is 13.0 Å². The second kappa shape index (κ2) is 5.75. The molecule has 0 bridgehead atoms. The van der Waals surface area contributed by atoms with E-state index in [2.05, 4.69) is 21.2 Å². The van der Waals surface area contributed by atoms with E-state index in [9.17, 15) is 4.79 Å². The maximum absolute atomic E-state index is 10.9. The van der Waals surface area contributed by atoms with E-state index >= 15 is 0 Å². The molecule has 4 nitrogen and oxygen atoms in total. The van der Waals surface area contributed by atoms with E-state index in [-0.39, 0.29) is 0 Å². The van der Waals surface area contributed by atoms with Crippen LogP contribution in [0.2, 0.25) is 0 Å². The van der Waals surface area contributed by atoms with Gasteiger partial charge in [0.1, 0.15) is 11.8 Å². The standard InChI is InChI=1S/C11H14BrNO3/c1-3-8(11(14)15)13-9-6-7(12)4-5-10(9)16-2/h4-6,8,13H,3H2,1-2H3,(H,14,15). The predicted molar refractivity (Wildman–Crippen MR) is 66.0 cm³/mol. The average molecular weight is 288 g/mol. The SMILES string of the molecule is CCC(Nc1cc(Br)ccc1OC)C(=O)O. The van der Waals surface area contributed by atoms with Crippen LogP contribution in [0.3, 0.4) is 0 Å². The molecule has 0 fully saturated rings. The van der Waals surface area contributed by atoms with E-state index in [1.54, 1.807) is 19.2 Å². The summed E-state index contributed by atoms with van der Waals surface area (Å²) in [6.45, 7) is 1.82. The van der Waals surface area contributed by atoms with Crippen LogP contribution in [0.15, 0.2) is 22.7 Å². The van der Waals surface area contributed by atoms with Gasteiger partial charge in [0, 0.05) is 4.47 Å². The zero-order valence-corrected chi connectivity index (χ0v) is 10.7. The molecule has 88 valence electrons. The number of anilines is 1. The van der Waals surface area contributed by atoms with Crippen molar-refractivity contribution in [3.8, 4) is 5.75 Å². The second-order valence-electron chi connectivity index (χ2n) is 3.29. The number of ether oxygens (including phenoxy) is 1. The minimum absolute atomic E-state index is 0.505. The van der Waals surface area contributed by atoms with Crippen molar-refractivity contribution in [1.29, 1.82) is 0 Å². The zero-order valence-electron chi connectivity index (χ0n) is 9.16. The maximum atomic E-state index is 10.9. The van der Waals surface area contributed by atoms with Crippen LogP contribution in [-0.4, -0.2) is 24.2 Å². The molecule has 1 atom stereocenters. The first-order chi connectivity index (χ1) is 7.58. The Morgan fingerprint density at radius 3 is 2.81 bits per heavy atom. The molecule has 2 N–H and O–H groups in total. The Balaban J connectivity index is 2.93. The normalized spacial score (nSPS) is 11.9. The lowest BCUT2D eigenvalue weighted by Crippen LogP contribution is -2.28. The van der Waals surface area contributed by atoms with Gasteiger partial charge in [0.15, 0.2) is 0 Å². The summed E-state index contributed by atoms with van der Waals surface area (Å²) < 4.78 is 6.02. The Morgan fingerprint density at radius 2 is 2.31 bits per heavy atom. The van der Waals surface area contributed by atoms with Gasteiger partial charge in [-0.15, -0.1) is 0 Å².